The minimum Gasteiger partial charge on any atom is -0.258 e. The van der Waals surface area contributed by atoms with Crippen molar-refractivity contribution in [3.63, 3.8) is 0 Å². The Kier molecular flexibility index (Phi) is 5.66. The van der Waals surface area contributed by atoms with Gasteiger partial charge in [-0.15, -0.1) is 5.73 Å². The van der Waals surface area contributed by atoms with Gasteiger partial charge >= 0.3 is 10.3 Å². The summed E-state index contributed by atoms with van der Waals surface area (Å²) in [6.07, 6.45) is 2.35. The molecule has 5 heteroatoms. The molecule has 0 bridgehead atoms. The molecule has 0 aromatic carbocycles. The van der Waals surface area contributed by atoms with Gasteiger partial charge < -0.3 is 0 Å². The summed E-state index contributed by atoms with van der Waals surface area (Å²) in [6, 6.07) is 0. The first-order chi connectivity index (χ1) is 5.99. The molecular formula is C8H15NO3S. The SMILES string of the molecule is C=C=C(CCC)CCOS(N)(=O)=O. The van der Waals surface area contributed by atoms with Crippen molar-refractivity contribution in [2.24, 2.45) is 5.14 Å². The van der Waals surface area contributed by atoms with E-state index in [1.165, 1.54) is 0 Å². The van der Waals surface area contributed by atoms with Gasteiger partial charge in [-0.25, -0.2) is 5.14 Å². The Bertz CT molecular complexity index is 289. The Morgan fingerprint density at radius 3 is 2.54 bits per heavy atom. The Balaban J connectivity index is 3.82. The first kappa shape index (κ1) is 12.4. The molecule has 0 aromatic heterocycles. The van der Waals surface area contributed by atoms with Crippen molar-refractivity contribution in [2.75, 3.05) is 6.61 Å². The molecule has 0 aliphatic rings. The summed E-state index contributed by atoms with van der Waals surface area (Å²) >= 11 is 0. The van der Waals surface area contributed by atoms with Gasteiger partial charge in [-0.3, -0.25) is 4.18 Å². The zero-order valence-corrected chi connectivity index (χ0v) is 8.56. The van der Waals surface area contributed by atoms with Crippen LogP contribution in [0.25, 0.3) is 0 Å². The molecule has 4 nitrogen and oxygen atoms in total. The molecule has 0 fully saturated rings. The minimum absolute atomic E-state index is 0.0662. The fourth-order valence-electron chi connectivity index (χ4n) is 0.885. The van der Waals surface area contributed by atoms with Crippen LogP contribution in [0.3, 0.4) is 0 Å². The van der Waals surface area contributed by atoms with E-state index in [-0.39, 0.29) is 6.61 Å². The van der Waals surface area contributed by atoms with E-state index >= 15 is 0 Å². The van der Waals surface area contributed by atoms with Crippen molar-refractivity contribution in [3.05, 3.63) is 17.9 Å². The third kappa shape index (κ3) is 7.74. The molecule has 0 atom stereocenters. The Labute approximate surface area is 79.3 Å². The summed E-state index contributed by atoms with van der Waals surface area (Å²) in [7, 11) is -3.80. The highest BCUT2D eigenvalue weighted by molar-refractivity contribution is 7.84. The predicted octanol–water partition coefficient (Wildman–Crippen LogP) is 1.11. The molecule has 0 saturated carbocycles. The molecule has 13 heavy (non-hydrogen) atoms. The quantitative estimate of drug-likeness (QED) is 0.660. The second kappa shape index (κ2) is 5.94. The minimum atomic E-state index is -3.80. The van der Waals surface area contributed by atoms with Crippen LogP contribution in [0.2, 0.25) is 0 Å². The van der Waals surface area contributed by atoms with Gasteiger partial charge in [0.1, 0.15) is 0 Å². The highest BCUT2D eigenvalue weighted by atomic mass is 32.2. The van der Waals surface area contributed by atoms with Crippen LogP contribution >= 0.6 is 0 Å². The van der Waals surface area contributed by atoms with Crippen LogP contribution in [0.4, 0.5) is 0 Å². The molecule has 0 saturated heterocycles. The molecule has 0 rings (SSSR count). The van der Waals surface area contributed by atoms with Gasteiger partial charge in [0.05, 0.1) is 6.61 Å². The van der Waals surface area contributed by atoms with Crippen molar-refractivity contribution in [3.8, 4) is 0 Å². The Morgan fingerprint density at radius 1 is 1.54 bits per heavy atom. The van der Waals surface area contributed by atoms with Crippen molar-refractivity contribution >= 4 is 10.3 Å². The van der Waals surface area contributed by atoms with Crippen LogP contribution in [0.1, 0.15) is 26.2 Å². The lowest BCUT2D eigenvalue weighted by Gasteiger charge is -2.02. The maximum Gasteiger partial charge on any atom is 0.333 e. The third-order valence-electron chi connectivity index (χ3n) is 1.45. The zero-order chi connectivity index (χ0) is 10.3. The van der Waals surface area contributed by atoms with Gasteiger partial charge in [0.2, 0.25) is 0 Å². The summed E-state index contributed by atoms with van der Waals surface area (Å²) < 4.78 is 25.1. The first-order valence-corrected chi connectivity index (χ1v) is 5.51. The molecule has 0 aliphatic carbocycles. The summed E-state index contributed by atoms with van der Waals surface area (Å²) in [4.78, 5) is 0. The molecule has 0 radical (unpaired) electrons. The van der Waals surface area contributed by atoms with Crippen LogP contribution < -0.4 is 5.14 Å². The van der Waals surface area contributed by atoms with Crippen molar-refractivity contribution in [1.29, 1.82) is 0 Å². The van der Waals surface area contributed by atoms with E-state index in [1.54, 1.807) is 0 Å². The number of hydrogen-bond donors (Lipinski definition) is 1. The van der Waals surface area contributed by atoms with Crippen LogP contribution in [0.15, 0.2) is 17.9 Å². The van der Waals surface area contributed by atoms with Crippen molar-refractivity contribution < 1.29 is 12.6 Å². The van der Waals surface area contributed by atoms with Gasteiger partial charge in [-0.2, -0.15) is 8.42 Å². The number of nitrogens with two attached hydrogens (primary N) is 1. The van der Waals surface area contributed by atoms with Gasteiger partial charge in [-0.05, 0) is 12.0 Å². The average molecular weight is 205 g/mol. The van der Waals surface area contributed by atoms with E-state index in [2.05, 4.69) is 21.6 Å². The fourth-order valence-corrected chi connectivity index (χ4v) is 1.20. The molecule has 2 N–H and O–H groups in total. The summed E-state index contributed by atoms with van der Waals surface area (Å²) in [5.74, 6) is 0. The molecule has 0 aliphatic heterocycles. The molecule has 76 valence electrons. The van der Waals surface area contributed by atoms with Crippen LogP contribution in [0.5, 0.6) is 0 Å². The van der Waals surface area contributed by atoms with E-state index < -0.39 is 10.3 Å². The highest BCUT2D eigenvalue weighted by Crippen LogP contribution is 2.07. The summed E-state index contributed by atoms with van der Waals surface area (Å²) in [5.41, 5.74) is 3.70. The first-order valence-electron chi connectivity index (χ1n) is 4.04. The normalized spacial score (nSPS) is 10.9. The average Bonchev–Trinajstić information content (AvgIpc) is 2.01. The lowest BCUT2D eigenvalue weighted by atomic mass is 10.1. The van der Waals surface area contributed by atoms with Crippen molar-refractivity contribution in [1.82, 2.24) is 0 Å². The largest absolute Gasteiger partial charge is 0.333 e. The zero-order valence-electron chi connectivity index (χ0n) is 7.75. The molecule has 0 spiro atoms. The fraction of sp³-hybridized carbons (Fsp3) is 0.625. The molecule has 0 unspecified atom stereocenters. The van der Waals surface area contributed by atoms with Crippen LogP contribution in [-0.4, -0.2) is 15.0 Å². The Morgan fingerprint density at radius 2 is 2.15 bits per heavy atom. The predicted molar refractivity (Wildman–Crippen MR) is 51.2 cm³/mol. The highest BCUT2D eigenvalue weighted by Gasteiger charge is 2.02. The van der Waals surface area contributed by atoms with E-state index in [0.29, 0.717) is 6.42 Å². The summed E-state index contributed by atoms with van der Waals surface area (Å²) in [5, 5.41) is 4.64. The van der Waals surface area contributed by atoms with Crippen LogP contribution in [0, 0.1) is 0 Å². The molecular weight excluding hydrogens is 190 g/mol. The van der Waals surface area contributed by atoms with Gasteiger partial charge in [0, 0.05) is 6.42 Å². The van der Waals surface area contributed by atoms with E-state index in [1.807, 2.05) is 6.92 Å². The van der Waals surface area contributed by atoms with Crippen molar-refractivity contribution in [2.45, 2.75) is 26.2 Å². The van der Waals surface area contributed by atoms with Gasteiger partial charge in [-0.1, -0.05) is 19.9 Å². The molecule has 0 heterocycles. The van der Waals surface area contributed by atoms with Gasteiger partial charge in [0.25, 0.3) is 0 Å². The van der Waals surface area contributed by atoms with Crippen LogP contribution in [-0.2, 0) is 14.5 Å². The second-order valence-electron chi connectivity index (χ2n) is 2.60. The maximum atomic E-state index is 10.4. The number of hydrogen-bond acceptors (Lipinski definition) is 3. The molecule has 0 aromatic rings. The summed E-state index contributed by atoms with van der Waals surface area (Å²) in [6.45, 7) is 5.59. The third-order valence-corrected chi connectivity index (χ3v) is 1.95. The van der Waals surface area contributed by atoms with E-state index in [4.69, 9.17) is 0 Å². The lowest BCUT2D eigenvalue weighted by Crippen LogP contribution is -2.16. The number of rotatable bonds is 6. The van der Waals surface area contributed by atoms with Gasteiger partial charge in [0.15, 0.2) is 0 Å². The lowest BCUT2D eigenvalue weighted by molar-refractivity contribution is 0.321. The topological polar surface area (TPSA) is 69.4 Å². The molecule has 0 amide bonds. The van der Waals surface area contributed by atoms with E-state index in [9.17, 15) is 8.42 Å². The monoisotopic (exact) mass is 205 g/mol. The smallest absolute Gasteiger partial charge is 0.258 e. The second-order valence-corrected chi connectivity index (χ2v) is 3.82. The maximum absolute atomic E-state index is 10.4. The van der Waals surface area contributed by atoms with E-state index in [0.717, 1.165) is 18.4 Å². The standard InChI is InChI=1S/C8H15NO3S/c1-3-5-8(4-2)6-7-12-13(9,10)11/h2-3,5-7H2,1H3,(H2,9,10,11). The Hall–Kier alpha value is -0.610.